The topological polar surface area (TPSA) is 69.9 Å². The first-order chi connectivity index (χ1) is 5.04. The average molecular weight is 203 g/mol. The van der Waals surface area contributed by atoms with Crippen LogP contribution in [0.15, 0.2) is 0 Å². The minimum Gasteiger partial charge on any atom is -0.388 e. The second-order valence-corrected chi connectivity index (χ2v) is 3.21. The molecule has 1 fully saturated rings. The van der Waals surface area contributed by atoms with Crippen molar-refractivity contribution in [1.29, 1.82) is 0 Å². The third kappa shape index (κ3) is 2.59. The molecule has 0 aromatic rings. The van der Waals surface area contributed by atoms with Crippen molar-refractivity contribution in [1.82, 2.24) is 0 Å². The van der Waals surface area contributed by atoms with Crippen LogP contribution in [0.25, 0.3) is 0 Å². The predicted octanol–water partition coefficient (Wildman–Crippen LogP) is -1.64. The predicted molar refractivity (Wildman–Crippen MR) is 47.1 cm³/mol. The summed E-state index contributed by atoms with van der Waals surface area (Å²) in [5, 5.41) is 27.4. The Balaban J connectivity index is 0.00000121. The largest absolute Gasteiger partial charge is 0.388 e. The Morgan fingerprint density at radius 2 is 1.58 bits per heavy atom. The molecule has 6 heteroatoms. The second-order valence-electron chi connectivity index (χ2n) is 2.70. The molecule has 67 valence electrons. The van der Waals surface area contributed by atoms with Crippen LogP contribution in [0.1, 0.15) is 6.92 Å². The van der Waals surface area contributed by atoms with Crippen molar-refractivity contribution in [2.24, 2.45) is 0 Å². The van der Waals surface area contributed by atoms with Gasteiger partial charge in [-0.15, -0.1) is 12.6 Å². The summed E-state index contributed by atoms with van der Waals surface area (Å²) in [7, 11) is 0. The summed E-state index contributed by atoms with van der Waals surface area (Å²) in [5.41, 5.74) is -0.719. The van der Waals surface area contributed by atoms with Crippen molar-refractivity contribution >= 4 is 42.2 Å². The summed E-state index contributed by atoms with van der Waals surface area (Å²) in [6, 6.07) is 0. The van der Waals surface area contributed by atoms with E-state index in [2.05, 4.69) is 12.6 Å². The van der Waals surface area contributed by atoms with Gasteiger partial charge in [0, 0.05) is 29.6 Å². The monoisotopic (exact) mass is 203 g/mol. The molecule has 5 atom stereocenters. The number of aliphatic hydroxyl groups is 3. The van der Waals surface area contributed by atoms with E-state index in [0.29, 0.717) is 0 Å². The third-order valence-electron chi connectivity index (χ3n) is 1.83. The van der Waals surface area contributed by atoms with Crippen LogP contribution in [-0.2, 0) is 4.74 Å². The summed E-state index contributed by atoms with van der Waals surface area (Å²) in [6.07, 6.45) is -3.81. The molecular formula is C6H12NaO4S. The zero-order chi connectivity index (χ0) is 8.59. The number of aliphatic hydroxyl groups excluding tert-OH is 3. The summed E-state index contributed by atoms with van der Waals surface area (Å²) >= 11 is 3.87. The quantitative estimate of drug-likeness (QED) is 0.282. The van der Waals surface area contributed by atoms with Crippen LogP contribution in [0.5, 0.6) is 0 Å². The van der Waals surface area contributed by atoms with Gasteiger partial charge in [0.05, 0.1) is 6.10 Å². The minimum absolute atomic E-state index is 0. The SMILES string of the molecule is C[C@@H]1OC(S)[C@H](O)[C@H](O)[C@H]1O.[Na]. The van der Waals surface area contributed by atoms with Crippen LogP contribution < -0.4 is 0 Å². The van der Waals surface area contributed by atoms with E-state index in [0.717, 1.165) is 0 Å². The number of rotatable bonds is 0. The van der Waals surface area contributed by atoms with Crippen molar-refractivity contribution in [3.05, 3.63) is 0 Å². The zero-order valence-electron chi connectivity index (χ0n) is 7.08. The van der Waals surface area contributed by atoms with E-state index in [1.54, 1.807) is 6.92 Å². The fourth-order valence-electron chi connectivity index (χ4n) is 1.03. The minimum atomic E-state index is -1.17. The van der Waals surface area contributed by atoms with Crippen LogP contribution in [0.3, 0.4) is 0 Å². The molecular weight excluding hydrogens is 191 g/mol. The van der Waals surface area contributed by atoms with Crippen LogP contribution in [0.4, 0.5) is 0 Å². The van der Waals surface area contributed by atoms with E-state index in [-0.39, 0.29) is 29.6 Å². The van der Waals surface area contributed by atoms with Gasteiger partial charge in [-0.2, -0.15) is 0 Å². The molecule has 12 heavy (non-hydrogen) atoms. The van der Waals surface area contributed by atoms with E-state index < -0.39 is 29.9 Å². The van der Waals surface area contributed by atoms with Crippen molar-refractivity contribution in [3.63, 3.8) is 0 Å². The third-order valence-corrected chi connectivity index (χ3v) is 2.25. The molecule has 0 aromatic heterocycles. The summed E-state index contributed by atoms with van der Waals surface area (Å²) in [4.78, 5) is 0. The Kier molecular flexibility index (Phi) is 5.68. The Morgan fingerprint density at radius 3 is 2.08 bits per heavy atom. The van der Waals surface area contributed by atoms with Gasteiger partial charge in [-0.3, -0.25) is 0 Å². The molecule has 0 bridgehead atoms. The summed E-state index contributed by atoms with van der Waals surface area (Å²) < 4.78 is 4.99. The van der Waals surface area contributed by atoms with E-state index in [1.807, 2.05) is 0 Å². The van der Waals surface area contributed by atoms with Crippen molar-refractivity contribution in [3.8, 4) is 0 Å². The Hall–Kier alpha value is 1.19. The van der Waals surface area contributed by atoms with Gasteiger partial charge in [-0.05, 0) is 6.92 Å². The van der Waals surface area contributed by atoms with Gasteiger partial charge in [0.1, 0.15) is 23.7 Å². The molecule has 3 N–H and O–H groups in total. The maximum Gasteiger partial charge on any atom is 0.129 e. The fourth-order valence-corrected chi connectivity index (χ4v) is 1.40. The fraction of sp³-hybridized carbons (Fsp3) is 1.00. The molecule has 1 heterocycles. The van der Waals surface area contributed by atoms with E-state index in [1.165, 1.54) is 0 Å². The molecule has 1 radical (unpaired) electrons. The van der Waals surface area contributed by atoms with Gasteiger partial charge in [-0.25, -0.2) is 0 Å². The normalized spacial score (nSPS) is 48.2. The van der Waals surface area contributed by atoms with Gasteiger partial charge in [0.15, 0.2) is 0 Å². The van der Waals surface area contributed by atoms with Crippen LogP contribution >= 0.6 is 12.6 Å². The van der Waals surface area contributed by atoms with Gasteiger partial charge in [0.2, 0.25) is 0 Å². The van der Waals surface area contributed by atoms with Gasteiger partial charge in [-0.1, -0.05) is 0 Å². The van der Waals surface area contributed by atoms with Crippen LogP contribution in [0.2, 0.25) is 0 Å². The van der Waals surface area contributed by atoms with E-state index >= 15 is 0 Å². The molecule has 1 aliphatic rings. The average Bonchev–Trinajstić information content (AvgIpc) is 1.97. The smallest absolute Gasteiger partial charge is 0.129 e. The maximum atomic E-state index is 9.17. The maximum absolute atomic E-state index is 9.17. The van der Waals surface area contributed by atoms with Gasteiger partial charge >= 0.3 is 0 Å². The molecule has 0 saturated carbocycles. The standard InChI is InChI=1S/C6H12O4S.Na/c1-2-3(7)4(8)5(9)6(11)10-2;/h2-9,11H,1H3;/t2-,3-,4+,5+,6?;/m0./s1. The summed E-state index contributed by atoms with van der Waals surface area (Å²) in [5.74, 6) is 0. The molecule has 1 unspecified atom stereocenters. The second kappa shape index (κ2) is 5.17. The molecule has 0 spiro atoms. The number of hydrogen-bond acceptors (Lipinski definition) is 5. The van der Waals surface area contributed by atoms with Crippen LogP contribution in [-0.4, -0.2) is 74.7 Å². The zero-order valence-corrected chi connectivity index (χ0v) is 9.98. The Bertz CT molecular complexity index is 134. The summed E-state index contributed by atoms with van der Waals surface area (Å²) in [6.45, 7) is 1.61. The molecule has 0 aliphatic carbocycles. The van der Waals surface area contributed by atoms with E-state index in [4.69, 9.17) is 20.1 Å². The molecule has 1 saturated heterocycles. The first-order valence-electron chi connectivity index (χ1n) is 3.41. The number of thiol groups is 1. The number of hydrogen-bond donors (Lipinski definition) is 4. The van der Waals surface area contributed by atoms with Crippen molar-refractivity contribution < 1.29 is 20.1 Å². The Labute approximate surface area is 98.6 Å². The van der Waals surface area contributed by atoms with Gasteiger partial charge < -0.3 is 20.1 Å². The molecule has 0 amide bonds. The van der Waals surface area contributed by atoms with Crippen LogP contribution in [0, 0.1) is 0 Å². The molecule has 4 nitrogen and oxygen atoms in total. The molecule has 1 rings (SSSR count). The van der Waals surface area contributed by atoms with E-state index in [9.17, 15) is 0 Å². The molecule has 1 aliphatic heterocycles. The first-order valence-corrected chi connectivity index (χ1v) is 3.93. The van der Waals surface area contributed by atoms with Crippen molar-refractivity contribution in [2.75, 3.05) is 0 Å². The first kappa shape index (κ1) is 13.2. The Morgan fingerprint density at radius 1 is 1.08 bits per heavy atom. The van der Waals surface area contributed by atoms with Gasteiger partial charge in [0.25, 0.3) is 0 Å². The van der Waals surface area contributed by atoms with Crippen molar-refractivity contribution in [2.45, 2.75) is 36.8 Å². The molecule has 0 aromatic carbocycles. The number of ether oxygens (including phenoxy) is 1.